The first-order valence-corrected chi connectivity index (χ1v) is 29.5. The fraction of sp³-hybridized carbons (Fsp3) is 0.500. The Hall–Kier alpha value is -8.65. The van der Waals surface area contributed by atoms with E-state index in [9.17, 15) is 33.5 Å². The first kappa shape index (κ1) is 65.3. The predicted molar refractivity (Wildman–Crippen MR) is 320 cm³/mol. The van der Waals surface area contributed by atoms with Crippen LogP contribution in [0.25, 0.3) is 5.69 Å². The van der Waals surface area contributed by atoms with E-state index in [1.165, 1.54) is 56.5 Å². The first-order chi connectivity index (χ1) is 41.8. The number of pyridine rings is 1. The van der Waals surface area contributed by atoms with Crippen molar-refractivity contribution in [1.29, 1.82) is 0 Å². The summed E-state index contributed by atoms with van der Waals surface area (Å²) in [5.74, 6) is -1.72. The fourth-order valence-electron chi connectivity index (χ4n) is 10.5. The predicted octanol–water partition coefficient (Wildman–Crippen LogP) is 7.89. The Balaban J connectivity index is 0.837. The molecular formula is C62H81F2N12O12+. The van der Waals surface area contributed by atoms with Crippen LogP contribution in [-0.4, -0.2) is 135 Å². The van der Waals surface area contributed by atoms with Crippen molar-refractivity contribution in [2.75, 3.05) is 67.7 Å². The molecule has 3 N–H and O–H groups in total. The van der Waals surface area contributed by atoms with Crippen LogP contribution in [0.3, 0.4) is 0 Å². The molecule has 0 bridgehead atoms. The van der Waals surface area contributed by atoms with E-state index in [2.05, 4.69) is 35.6 Å². The Morgan fingerprint density at radius 2 is 1.53 bits per heavy atom. The summed E-state index contributed by atoms with van der Waals surface area (Å²) < 4.78 is 71.0. The van der Waals surface area contributed by atoms with Crippen LogP contribution >= 0.6 is 0 Å². The molecule has 26 heteroatoms. The van der Waals surface area contributed by atoms with Crippen LogP contribution in [0.4, 0.5) is 40.4 Å². The molecule has 5 heterocycles. The number of benzene rings is 3. The van der Waals surface area contributed by atoms with E-state index in [0.29, 0.717) is 29.8 Å². The number of piperazine rings is 1. The van der Waals surface area contributed by atoms with E-state index in [1.54, 1.807) is 73.8 Å². The third-order valence-corrected chi connectivity index (χ3v) is 14.9. The topological polar surface area (TPSA) is 252 Å². The molecule has 8 rings (SSSR count). The maximum atomic E-state index is 15.8. The minimum absolute atomic E-state index is 0.0127. The molecule has 2 aliphatic rings. The Morgan fingerprint density at radius 1 is 0.886 bits per heavy atom. The lowest BCUT2D eigenvalue weighted by atomic mass is 9.87. The van der Waals surface area contributed by atoms with Gasteiger partial charge in [0, 0.05) is 92.5 Å². The van der Waals surface area contributed by atoms with E-state index in [-0.39, 0.29) is 68.7 Å². The molecule has 0 aliphatic carbocycles. The minimum Gasteiger partial charge on any atom is -0.493 e. The van der Waals surface area contributed by atoms with Gasteiger partial charge in [-0.15, -0.1) is 4.68 Å². The average Bonchev–Trinajstić information content (AvgIpc) is 2.53. The van der Waals surface area contributed by atoms with Crippen molar-refractivity contribution in [3.05, 3.63) is 137 Å². The van der Waals surface area contributed by atoms with E-state index >= 15 is 4.39 Å². The molecule has 6 aromatic rings. The molecule has 3 aromatic carbocycles. The summed E-state index contributed by atoms with van der Waals surface area (Å²) in [7, 11) is 1.44. The van der Waals surface area contributed by atoms with Gasteiger partial charge in [0.1, 0.15) is 65.5 Å². The first-order valence-electron chi connectivity index (χ1n) is 29.5. The number of ether oxygens (including phenoxy) is 6. The minimum atomic E-state index is -1.28. The van der Waals surface area contributed by atoms with Crippen molar-refractivity contribution in [3.8, 4) is 11.4 Å². The Morgan fingerprint density at radius 3 is 2.17 bits per heavy atom. The van der Waals surface area contributed by atoms with Gasteiger partial charge in [-0.25, -0.2) is 47.0 Å². The van der Waals surface area contributed by atoms with Crippen molar-refractivity contribution in [3.63, 3.8) is 0 Å². The number of halogens is 2. The van der Waals surface area contributed by atoms with Crippen LogP contribution in [0.2, 0.25) is 0 Å². The molecule has 24 nitrogen and oxygen atoms in total. The van der Waals surface area contributed by atoms with Gasteiger partial charge in [-0.1, -0.05) is 19.1 Å². The molecule has 0 saturated carbocycles. The molecule has 88 heavy (non-hydrogen) atoms. The third-order valence-electron chi connectivity index (χ3n) is 14.9. The number of nitrogens with zero attached hydrogens (tertiary/aromatic N) is 10. The molecule has 0 radical (unpaired) electrons. The second kappa shape index (κ2) is 28.5. The summed E-state index contributed by atoms with van der Waals surface area (Å²) in [4.78, 5) is 75.5. The Kier molecular flexibility index (Phi) is 21.1. The molecular weight excluding hydrogens is 1140 g/mol. The van der Waals surface area contributed by atoms with Crippen molar-refractivity contribution >= 4 is 41.4 Å². The number of hydrogen-bond acceptors (Lipinski definition) is 17. The lowest BCUT2D eigenvalue weighted by Gasteiger charge is -2.37. The van der Waals surface area contributed by atoms with Gasteiger partial charge < -0.3 is 54.0 Å². The second-order valence-electron chi connectivity index (χ2n) is 24.0. The fourth-order valence-corrected chi connectivity index (χ4v) is 10.5. The highest BCUT2D eigenvalue weighted by atomic mass is 19.1. The molecule has 2 saturated heterocycles. The summed E-state index contributed by atoms with van der Waals surface area (Å²) in [6, 6.07) is 20.7. The van der Waals surface area contributed by atoms with Crippen molar-refractivity contribution in [2.45, 2.75) is 142 Å². The number of aliphatic hydroxyl groups excluding tert-OH is 1. The lowest BCUT2D eigenvalue weighted by molar-refractivity contribution is -0.753. The molecule has 0 spiro atoms. The molecule has 474 valence electrons. The smallest absolute Gasteiger partial charge is 0.418 e. The van der Waals surface area contributed by atoms with Crippen LogP contribution in [0.1, 0.15) is 111 Å². The van der Waals surface area contributed by atoms with Crippen LogP contribution in [0.15, 0.2) is 109 Å². The number of esters is 1. The number of hydrogen-bond donors (Lipinski definition) is 3. The summed E-state index contributed by atoms with van der Waals surface area (Å²) in [6.07, 6.45) is 3.26. The van der Waals surface area contributed by atoms with Gasteiger partial charge in [0.25, 0.3) is 6.33 Å². The number of amides is 3. The zero-order chi connectivity index (χ0) is 63.5. The normalized spacial score (nSPS) is 17.5. The zero-order valence-corrected chi connectivity index (χ0v) is 51.6. The monoisotopic (exact) mass is 1220 g/mol. The number of anilines is 3. The summed E-state index contributed by atoms with van der Waals surface area (Å²) in [6.45, 7) is 18.8. The van der Waals surface area contributed by atoms with Crippen molar-refractivity contribution in [1.82, 2.24) is 39.7 Å². The van der Waals surface area contributed by atoms with Gasteiger partial charge in [-0.05, 0) is 135 Å². The van der Waals surface area contributed by atoms with Crippen LogP contribution in [-0.2, 0) is 47.2 Å². The SMILES string of the molecule is CC[C@@H]([C@H](C)O)n1ncn(-c2ccc(N3CCN(c4ccc(OC[C@@H]5CO[C@@](Cn6c[n+](C(C)OC(=O)N(C)c7ncccc7COC(=O)[C@H](CCCNC(=O)OC(C)(C)C)NC(=O)OC(C)(C)C)cn6)(c6ccc(F)cc6F)C5)cc4)CC3)cc2)c1=O. The number of alkyl carbamates (subject to hydrolysis) is 2. The number of nitrogens with one attached hydrogen (secondary N) is 2. The molecule has 3 amide bonds. The average molecular weight is 1220 g/mol. The molecule has 2 fully saturated rings. The highest BCUT2D eigenvalue weighted by molar-refractivity contribution is 5.87. The quantitative estimate of drug-likeness (QED) is 0.0239. The lowest BCUT2D eigenvalue weighted by Crippen LogP contribution is -2.46. The second-order valence-corrected chi connectivity index (χ2v) is 24.0. The van der Waals surface area contributed by atoms with Gasteiger partial charge in [-0.2, -0.15) is 9.67 Å². The molecule has 3 aromatic heterocycles. The van der Waals surface area contributed by atoms with E-state index < -0.39 is 77.1 Å². The maximum absolute atomic E-state index is 15.8. The van der Waals surface area contributed by atoms with Gasteiger partial charge in [-0.3, -0.25) is 4.90 Å². The van der Waals surface area contributed by atoms with Gasteiger partial charge >= 0.3 is 29.9 Å². The Labute approximate surface area is 510 Å². The number of aliphatic hydroxyl groups is 1. The summed E-state index contributed by atoms with van der Waals surface area (Å²) in [5.41, 5.74) is 0.136. The van der Waals surface area contributed by atoms with Crippen LogP contribution in [0, 0.1) is 17.6 Å². The van der Waals surface area contributed by atoms with Crippen LogP contribution < -0.4 is 40.3 Å². The number of carbonyl (C=O) groups is 4. The third kappa shape index (κ3) is 17.1. The zero-order valence-electron chi connectivity index (χ0n) is 51.6. The number of rotatable bonds is 23. The highest BCUT2D eigenvalue weighted by Crippen LogP contribution is 2.42. The number of aromatic nitrogens is 7. The standard InChI is InChI=1S/C62H80F2N12O12/c1-11-53(41(2)77)76-58(81)75(39-68-76)48-19-17-46(18-20-48)71-28-30-72(31-29-71)47-21-23-49(24-22-47)83-34-43-33-62(85-35-43,50-25-16-45(63)32-51(50)64)37-74-40-73(38-67-74)42(3)86-59(82)70(10)54-44(14-12-26-65-54)36-84-55(78)52(69-57(80)88-61(7,8)9)15-13-27-66-56(79)87-60(4,5)6/h12,14,16-26,32,38-43,52-53,77H,11,13,15,27-31,33-37H2,1-10H3,(H-,66,69,79,80)/p+1/t41-,42?,43+,52-,53-,62-/m0/s1. The number of carbonyl (C=O) groups excluding carboxylic acids is 4. The highest BCUT2D eigenvalue weighted by Gasteiger charge is 2.47. The van der Waals surface area contributed by atoms with E-state index in [1.807, 2.05) is 55.5 Å². The van der Waals surface area contributed by atoms with Crippen molar-refractivity contribution in [2.24, 2.45) is 5.92 Å². The summed E-state index contributed by atoms with van der Waals surface area (Å²) in [5, 5.41) is 24.1. The van der Waals surface area contributed by atoms with E-state index in [4.69, 9.17) is 28.4 Å². The van der Waals surface area contributed by atoms with Crippen LogP contribution in [0.5, 0.6) is 5.75 Å². The maximum Gasteiger partial charge on any atom is 0.418 e. The largest absolute Gasteiger partial charge is 0.493 e. The molecule has 1 unspecified atom stereocenters. The Bertz CT molecular complexity index is 3390. The van der Waals surface area contributed by atoms with E-state index in [0.717, 1.165) is 48.5 Å². The van der Waals surface area contributed by atoms with Gasteiger partial charge in [0.15, 0.2) is 0 Å². The van der Waals surface area contributed by atoms with Crippen molar-refractivity contribution < 1.29 is 66.1 Å². The summed E-state index contributed by atoms with van der Waals surface area (Å²) >= 11 is 0. The molecule has 6 atom stereocenters. The van der Waals surface area contributed by atoms with Gasteiger partial charge in [0.05, 0.1) is 31.0 Å². The molecule has 2 aliphatic heterocycles. The van der Waals surface area contributed by atoms with Gasteiger partial charge in [0.2, 0.25) is 12.6 Å².